The molecule has 2 rings (SSSR count). The molecule has 0 radical (unpaired) electrons. The van der Waals surface area contributed by atoms with Crippen LogP contribution in [0.25, 0.3) is 0 Å². The molecule has 2 aromatic carbocycles. The molecule has 0 aliphatic carbocycles. The van der Waals surface area contributed by atoms with E-state index in [-0.39, 0.29) is 24.7 Å². The minimum atomic E-state index is -0.520. The van der Waals surface area contributed by atoms with E-state index in [0.29, 0.717) is 24.6 Å². The van der Waals surface area contributed by atoms with Gasteiger partial charge in [-0.05, 0) is 55.7 Å². The fourth-order valence-corrected chi connectivity index (χ4v) is 3.29. The molecule has 0 atom stereocenters. The number of carbonyl (C=O) groups excluding carboxylic acids is 3. The molecule has 2 aromatic rings. The second kappa shape index (κ2) is 11.3. The Morgan fingerprint density at radius 2 is 1.50 bits per heavy atom. The molecule has 172 valence electrons. The van der Waals surface area contributed by atoms with Crippen LogP contribution < -0.4 is 14.5 Å². The summed E-state index contributed by atoms with van der Waals surface area (Å²) in [4.78, 5) is 40.2. The van der Waals surface area contributed by atoms with Crippen molar-refractivity contribution in [2.45, 2.75) is 40.5 Å². The number of para-hydroxylation sites is 1. The minimum Gasteiger partial charge on any atom is -0.466 e. The van der Waals surface area contributed by atoms with E-state index >= 15 is 0 Å². The lowest BCUT2D eigenvalue weighted by Gasteiger charge is -2.28. The Bertz CT molecular complexity index is 910. The van der Waals surface area contributed by atoms with Gasteiger partial charge in [-0.25, -0.2) is 4.79 Å². The van der Waals surface area contributed by atoms with Crippen molar-refractivity contribution in [2.24, 2.45) is 5.41 Å². The highest BCUT2D eigenvalue weighted by Crippen LogP contribution is 2.29. The Kier molecular flexibility index (Phi) is 8.81. The van der Waals surface area contributed by atoms with E-state index in [2.05, 4.69) is 0 Å². The topological polar surface area (TPSA) is 76.1 Å². The fourth-order valence-electron chi connectivity index (χ4n) is 3.29. The normalized spacial score (nSPS) is 10.9. The van der Waals surface area contributed by atoms with Gasteiger partial charge in [-0.1, -0.05) is 32.0 Å². The number of ether oxygens (including phenoxy) is 2. The third kappa shape index (κ3) is 7.11. The molecule has 0 N–H and O–H groups in total. The Morgan fingerprint density at radius 3 is 2.06 bits per heavy atom. The van der Waals surface area contributed by atoms with Crippen LogP contribution in [0.5, 0.6) is 5.75 Å². The van der Waals surface area contributed by atoms with Crippen LogP contribution >= 0.6 is 0 Å². The average molecular weight is 441 g/mol. The largest absolute Gasteiger partial charge is 0.466 e. The number of anilines is 2. The first kappa shape index (κ1) is 24.9. The van der Waals surface area contributed by atoms with E-state index in [1.165, 1.54) is 4.90 Å². The van der Waals surface area contributed by atoms with Crippen molar-refractivity contribution in [1.29, 1.82) is 0 Å². The van der Waals surface area contributed by atoms with Crippen LogP contribution in [-0.4, -0.2) is 38.2 Å². The molecule has 0 fully saturated rings. The van der Waals surface area contributed by atoms with Gasteiger partial charge >= 0.3 is 12.1 Å². The molecule has 0 aliphatic rings. The lowest BCUT2D eigenvalue weighted by molar-refractivity contribution is -0.145. The summed E-state index contributed by atoms with van der Waals surface area (Å²) in [5, 5.41) is 0. The number of hydrogen-bond acceptors (Lipinski definition) is 5. The highest BCUT2D eigenvalue weighted by Gasteiger charge is 2.28. The van der Waals surface area contributed by atoms with Gasteiger partial charge in [0, 0.05) is 31.4 Å². The average Bonchev–Trinajstić information content (AvgIpc) is 2.74. The maximum absolute atomic E-state index is 12.9. The molecule has 2 amide bonds. The van der Waals surface area contributed by atoms with E-state index in [0.717, 1.165) is 5.69 Å². The molecule has 0 bridgehead atoms. The number of carbonyl (C=O) groups is 3. The van der Waals surface area contributed by atoms with Crippen molar-refractivity contribution in [3.8, 4) is 5.75 Å². The molecule has 0 saturated carbocycles. The van der Waals surface area contributed by atoms with Crippen molar-refractivity contribution in [3.05, 3.63) is 54.6 Å². The van der Waals surface area contributed by atoms with Gasteiger partial charge in [0.1, 0.15) is 5.75 Å². The number of hydrogen-bond donors (Lipinski definition) is 0. The quantitative estimate of drug-likeness (QED) is 0.510. The van der Waals surface area contributed by atoms with Gasteiger partial charge in [0.05, 0.1) is 13.0 Å². The molecule has 0 aliphatic heterocycles. The van der Waals surface area contributed by atoms with E-state index < -0.39 is 11.5 Å². The first-order valence-electron chi connectivity index (χ1n) is 10.7. The van der Waals surface area contributed by atoms with Crippen molar-refractivity contribution >= 4 is 29.3 Å². The first-order valence-corrected chi connectivity index (χ1v) is 10.7. The van der Waals surface area contributed by atoms with Crippen LogP contribution in [0, 0.1) is 5.41 Å². The van der Waals surface area contributed by atoms with Gasteiger partial charge in [0.25, 0.3) is 0 Å². The molecule has 7 heteroatoms. The summed E-state index contributed by atoms with van der Waals surface area (Å²) in [5.41, 5.74) is 0.900. The summed E-state index contributed by atoms with van der Waals surface area (Å²) in [6.45, 7) is 8.20. The van der Waals surface area contributed by atoms with Crippen LogP contribution in [0.3, 0.4) is 0 Å². The molecule has 0 spiro atoms. The molecule has 0 aromatic heterocycles. The molecule has 0 saturated heterocycles. The lowest BCUT2D eigenvalue weighted by Crippen LogP contribution is -2.35. The van der Waals surface area contributed by atoms with E-state index in [1.807, 2.05) is 51.1 Å². The number of esters is 1. The lowest BCUT2D eigenvalue weighted by atomic mass is 9.85. The van der Waals surface area contributed by atoms with Gasteiger partial charge in [0.2, 0.25) is 5.91 Å². The van der Waals surface area contributed by atoms with E-state index in [4.69, 9.17) is 9.47 Å². The van der Waals surface area contributed by atoms with Gasteiger partial charge in [-0.3, -0.25) is 14.5 Å². The van der Waals surface area contributed by atoms with Crippen LogP contribution in [-0.2, 0) is 14.3 Å². The maximum Gasteiger partial charge on any atom is 0.419 e. The third-order valence-electron chi connectivity index (χ3n) is 4.95. The van der Waals surface area contributed by atoms with Gasteiger partial charge in [-0.15, -0.1) is 0 Å². The summed E-state index contributed by atoms with van der Waals surface area (Å²) in [6.07, 6.45) is -0.125. The van der Waals surface area contributed by atoms with Crippen LogP contribution in [0.1, 0.15) is 40.5 Å². The van der Waals surface area contributed by atoms with Gasteiger partial charge < -0.3 is 14.4 Å². The Hall–Kier alpha value is -3.35. The maximum atomic E-state index is 12.9. The zero-order valence-electron chi connectivity index (χ0n) is 19.5. The summed E-state index contributed by atoms with van der Waals surface area (Å²) in [5.74, 6) is -0.0111. The predicted molar refractivity (Wildman–Crippen MR) is 125 cm³/mol. The zero-order chi connectivity index (χ0) is 23.7. The standard InChI is InChI=1S/C25H32N2O5/c1-6-27(22(28)17-25(3,4)18-23(29)31-7-2)20-13-15-21(16-14-20)32-24(30)26(5)19-11-9-8-10-12-19/h8-16H,6-7,17-18H2,1-5H3. The molecular formula is C25H32N2O5. The SMILES string of the molecule is CCOC(=O)CC(C)(C)CC(=O)N(CC)c1ccc(OC(=O)N(C)c2ccccc2)cc1. The monoisotopic (exact) mass is 440 g/mol. The molecule has 0 heterocycles. The third-order valence-corrected chi connectivity index (χ3v) is 4.95. The molecule has 32 heavy (non-hydrogen) atoms. The number of nitrogens with zero attached hydrogens (tertiary/aromatic N) is 2. The fraction of sp³-hybridized carbons (Fsp3) is 0.400. The number of rotatable bonds is 9. The van der Waals surface area contributed by atoms with E-state index in [1.54, 1.807) is 43.1 Å². The van der Waals surface area contributed by atoms with Crippen LogP contribution in [0.15, 0.2) is 54.6 Å². The highest BCUT2D eigenvalue weighted by molar-refractivity contribution is 5.94. The summed E-state index contributed by atoms with van der Waals surface area (Å²) < 4.78 is 10.5. The van der Waals surface area contributed by atoms with Crippen LogP contribution in [0.4, 0.5) is 16.2 Å². The van der Waals surface area contributed by atoms with Crippen molar-refractivity contribution in [1.82, 2.24) is 0 Å². The Balaban J connectivity index is 2.02. The number of benzene rings is 2. The number of amides is 2. The second-order valence-corrected chi connectivity index (χ2v) is 8.22. The van der Waals surface area contributed by atoms with Crippen molar-refractivity contribution < 1.29 is 23.9 Å². The van der Waals surface area contributed by atoms with Crippen molar-refractivity contribution in [2.75, 3.05) is 30.0 Å². The highest BCUT2D eigenvalue weighted by atomic mass is 16.6. The van der Waals surface area contributed by atoms with Gasteiger partial charge in [0.15, 0.2) is 0 Å². The van der Waals surface area contributed by atoms with Gasteiger partial charge in [-0.2, -0.15) is 0 Å². The van der Waals surface area contributed by atoms with Crippen LogP contribution in [0.2, 0.25) is 0 Å². The zero-order valence-corrected chi connectivity index (χ0v) is 19.5. The summed E-state index contributed by atoms with van der Waals surface area (Å²) in [7, 11) is 1.64. The summed E-state index contributed by atoms with van der Waals surface area (Å²) in [6, 6.07) is 16.0. The van der Waals surface area contributed by atoms with E-state index in [9.17, 15) is 14.4 Å². The smallest absolute Gasteiger partial charge is 0.419 e. The molecular weight excluding hydrogens is 408 g/mol. The Labute approximate surface area is 189 Å². The van der Waals surface area contributed by atoms with Crippen molar-refractivity contribution in [3.63, 3.8) is 0 Å². The second-order valence-electron chi connectivity index (χ2n) is 8.22. The first-order chi connectivity index (χ1) is 15.2. The predicted octanol–water partition coefficient (Wildman–Crippen LogP) is 5.04. The summed E-state index contributed by atoms with van der Waals surface area (Å²) >= 11 is 0. The molecule has 0 unspecified atom stereocenters. The Morgan fingerprint density at radius 1 is 0.875 bits per heavy atom. The molecule has 7 nitrogen and oxygen atoms in total. The minimum absolute atomic E-state index is 0.0876.